The van der Waals surface area contributed by atoms with Crippen molar-refractivity contribution < 1.29 is 14.0 Å². The number of thiol groups is 1. The van der Waals surface area contributed by atoms with E-state index in [0.717, 1.165) is 11.0 Å². The lowest BCUT2D eigenvalue weighted by atomic mass is 9.78. The number of nitrogens with zero attached hydrogens (tertiary/aromatic N) is 1. The fourth-order valence-electron chi connectivity index (χ4n) is 2.27. The van der Waals surface area contributed by atoms with Gasteiger partial charge in [-0.05, 0) is 56.9 Å². The first kappa shape index (κ1) is 17.9. The molecule has 0 aromatic heterocycles. The Kier molecular flexibility index (Phi) is 5.15. The molecule has 2 rings (SSSR count). The van der Waals surface area contributed by atoms with E-state index in [2.05, 4.69) is 18.7 Å². The van der Waals surface area contributed by atoms with Gasteiger partial charge >= 0.3 is 7.12 Å². The van der Waals surface area contributed by atoms with Gasteiger partial charge in [0.1, 0.15) is 5.75 Å². The maximum absolute atomic E-state index is 9.30. The van der Waals surface area contributed by atoms with Crippen molar-refractivity contribution in [3.63, 3.8) is 0 Å². The Hall–Kier alpha value is -1.42. The summed E-state index contributed by atoms with van der Waals surface area (Å²) in [6.45, 7) is 8.04. The van der Waals surface area contributed by atoms with Crippen LogP contribution in [0.25, 0.3) is 6.08 Å². The van der Waals surface area contributed by atoms with Crippen molar-refractivity contribution in [2.45, 2.75) is 38.9 Å². The molecule has 1 aliphatic heterocycles. The van der Waals surface area contributed by atoms with E-state index in [1.54, 1.807) is 19.2 Å². The molecule has 0 atom stereocenters. The molecule has 1 fully saturated rings. The molecule has 0 amide bonds. The topological polar surface area (TPSA) is 51.5 Å². The molecule has 1 heterocycles. The summed E-state index contributed by atoms with van der Waals surface area (Å²) in [7, 11) is 1.12. The van der Waals surface area contributed by atoms with Crippen LogP contribution in [0.3, 0.4) is 0 Å². The monoisotopic (exact) mass is 331 g/mol. The maximum Gasteiger partial charge on any atom is 0.491 e. The van der Waals surface area contributed by atoms with Gasteiger partial charge in [0.2, 0.25) is 0 Å². The summed E-state index contributed by atoms with van der Waals surface area (Å²) in [4.78, 5) is 0. The summed E-state index contributed by atoms with van der Waals surface area (Å²) >= 11 is 4.40. The molecule has 1 aliphatic rings. The summed E-state index contributed by atoms with van der Waals surface area (Å²) in [5.74, 6) is 1.17. The minimum Gasteiger partial charge on any atom is -0.497 e. The van der Waals surface area contributed by atoms with Gasteiger partial charge in [0.15, 0.2) is 0 Å². The number of rotatable bonds is 4. The van der Waals surface area contributed by atoms with Crippen molar-refractivity contribution in [3.8, 4) is 11.8 Å². The van der Waals surface area contributed by atoms with Crippen molar-refractivity contribution in [1.29, 1.82) is 5.26 Å². The van der Waals surface area contributed by atoms with E-state index in [4.69, 9.17) is 14.0 Å². The third-order valence-electron chi connectivity index (χ3n) is 4.46. The van der Waals surface area contributed by atoms with Crippen molar-refractivity contribution in [1.82, 2.24) is 0 Å². The van der Waals surface area contributed by atoms with Crippen LogP contribution in [0.1, 0.15) is 38.8 Å². The van der Waals surface area contributed by atoms with Crippen LogP contribution >= 0.6 is 12.6 Å². The van der Waals surface area contributed by atoms with Crippen molar-refractivity contribution >= 4 is 25.8 Å². The van der Waals surface area contributed by atoms with Crippen LogP contribution in [-0.2, 0) is 9.31 Å². The summed E-state index contributed by atoms with van der Waals surface area (Å²) in [6.07, 6.45) is 1.90. The number of methoxy groups -OCH3 is 1. The van der Waals surface area contributed by atoms with E-state index in [1.165, 1.54) is 0 Å². The second-order valence-corrected chi connectivity index (χ2v) is 6.85. The number of hydrogen-bond donors (Lipinski definition) is 1. The highest BCUT2D eigenvalue weighted by atomic mass is 32.1. The maximum atomic E-state index is 9.30. The Morgan fingerprint density at radius 2 is 1.91 bits per heavy atom. The van der Waals surface area contributed by atoms with E-state index >= 15 is 0 Å². The molecule has 4 nitrogen and oxygen atoms in total. The summed E-state index contributed by atoms with van der Waals surface area (Å²) < 4.78 is 17.4. The van der Waals surface area contributed by atoms with Crippen LogP contribution in [0, 0.1) is 11.3 Å². The smallest absolute Gasteiger partial charge is 0.491 e. The van der Waals surface area contributed by atoms with E-state index in [9.17, 15) is 5.26 Å². The first-order valence-corrected chi connectivity index (χ1v) is 8.12. The van der Waals surface area contributed by atoms with Crippen molar-refractivity contribution in [3.05, 3.63) is 34.8 Å². The lowest BCUT2D eigenvalue weighted by Gasteiger charge is -2.32. The van der Waals surface area contributed by atoms with Gasteiger partial charge in [-0.1, -0.05) is 6.08 Å². The third-order valence-corrected chi connectivity index (χ3v) is 4.82. The Morgan fingerprint density at radius 1 is 1.30 bits per heavy atom. The second-order valence-electron chi connectivity index (χ2n) is 6.53. The number of hydrogen-bond acceptors (Lipinski definition) is 5. The van der Waals surface area contributed by atoms with Gasteiger partial charge in [0.25, 0.3) is 0 Å². The van der Waals surface area contributed by atoms with Crippen LogP contribution in [0.15, 0.2) is 23.7 Å². The molecule has 0 radical (unpaired) electrons. The largest absolute Gasteiger partial charge is 0.497 e. The van der Waals surface area contributed by atoms with E-state index in [0.29, 0.717) is 17.1 Å². The predicted molar refractivity (Wildman–Crippen MR) is 95.6 cm³/mol. The molecule has 23 heavy (non-hydrogen) atoms. The highest BCUT2D eigenvalue weighted by Gasteiger charge is 2.52. The standard InChI is InChI=1S/C17H22BNO3S/c1-16(2)17(3,4)22-18(21-16)14(11-23)8-13-9-15(20-5)7-6-12(13)10-19/h6-9,23H,11H2,1-5H3. The molecule has 1 aromatic rings. The predicted octanol–water partition coefficient (Wildman–Crippen LogP) is 3.51. The Labute approximate surface area is 144 Å². The molecular weight excluding hydrogens is 309 g/mol. The fraction of sp³-hybridized carbons (Fsp3) is 0.471. The van der Waals surface area contributed by atoms with Gasteiger partial charge < -0.3 is 14.0 Å². The molecule has 0 spiro atoms. The number of benzene rings is 1. The summed E-state index contributed by atoms with van der Waals surface area (Å²) in [6, 6.07) is 7.53. The average Bonchev–Trinajstić information content (AvgIpc) is 2.72. The van der Waals surface area contributed by atoms with Gasteiger partial charge in [-0.3, -0.25) is 0 Å². The molecule has 0 bridgehead atoms. The zero-order valence-corrected chi connectivity index (χ0v) is 15.1. The molecule has 0 aliphatic carbocycles. The lowest BCUT2D eigenvalue weighted by molar-refractivity contribution is 0.00578. The third kappa shape index (κ3) is 3.58. The number of ether oxygens (including phenoxy) is 1. The van der Waals surface area contributed by atoms with Crippen LogP contribution in [0.2, 0.25) is 0 Å². The minimum absolute atomic E-state index is 0.411. The van der Waals surface area contributed by atoms with Crippen LogP contribution in [0.5, 0.6) is 5.75 Å². The molecule has 6 heteroatoms. The summed E-state index contributed by atoms with van der Waals surface area (Å²) in [5.41, 5.74) is 1.39. The quantitative estimate of drug-likeness (QED) is 0.678. The molecule has 0 N–H and O–H groups in total. The minimum atomic E-state index is -0.477. The van der Waals surface area contributed by atoms with Gasteiger partial charge in [0, 0.05) is 5.75 Å². The van der Waals surface area contributed by atoms with Gasteiger partial charge in [-0.2, -0.15) is 17.9 Å². The lowest BCUT2D eigenvalue weighted by Crippen LogP contribution is -2.41. The Balaban J connectivity index is 2.39. The van der Waals surface area contributed by atoms with Gasteiger partial charge in [0.05, 0.1) is 29.9 Å². The number of nitriles is 1. The Morgan fingerprint density at radius 3 is 2.39 bits per heavy atom. The van der Waals surface area contributed by atoms with Crippen molar-refractivity contribution in [2.75, 3.05) is 12.9 Å². The van der Waals surface area contributed by atoms with Crippen LogP contribution in [0.4, 0.5) is 0 Å². The molecule has 1 aromatic carbocycles. The van der Waals surface area contributed by atoms with Gasteiger partial charge in [-0.15, -0.1) is 0 Å². The zero-order chi connectivity index (χ0) is 17.3. The van der Waals surface area contributed by atoms with Crippen LogP contribution in [-0.4, -0.2) is 31.2 Å². The van der Waals surface area contributed by atoms with Crippen LogP contribution < -0.4 is 4.74 Å². The molecule has 1 saturated heterocycles. The zero-order valence-electron chi connectivity index (χ0n) is 14.2. The Bertz CT molecular complexity index is 648. The highest BCUT2D eigenvalue weighted by Crippen LogP contribution is 2.39. The SMILES string of the molecule is COc1ccc(C#N)c(C=C(CS)B2OC(C)(C)C(C)(C)O2)c1. The first-order chi connectivity index (χ1) is 10.7. The van der Waals surface area contributed by atoms with Crippen molar-refractivity contribution in [2.24, 2.45) is 0 Å². The average molecular weight is 331 g/mol. The molecule has 0 saturated carbocycles. The normalized spacial score (nSPS) is 19.5. The molecular formula is C17H22BNO3S. The van der Waals surface area contributed by atoms with E-state index in [1.807, 2.05) is 39.8 Å². The highest BCUT2D eigenvalue weighted by molar-refractivity contribution is 7.80. The first-order valence-electron chi connectivity index (χ1n) is 7.49. The van der Waals surface area contributed by atoms with E-state index in [-0.39, 0.29) is 0 Å². The molecule has 0 unspecified atom stereocenters. The fourth-order valence-corrected chi connectivity index (χ4v) is 2.51. The second kappa shape index (κ2) is 6.60. The summed E-state index contributed by atoms with van der Waals surface area (Å²) in [5, 5.41) is 9.30. The van der Waals surface area contributed by atoms with E-state index < -0.39 is 18.3 Å². The van der Waals surface area contributed by atoms with Gasteiger partial charge in [-0.25, -0.2) is 0 Å². The molecule has 122 valence electrons.